The van der Waals surface area contributed by atoms with Crippen molar-refractivity contribution >= 4 is 22.7 Å². The number of benzene rings is 3. The summed E-state index contributed by atoms with van der Waals surface area (Å²) in [5, 5.41) is 28.4. The summed E-state index contributed by atoms with van der Waals surface area (Å²) in [7, 11) is 0. The number of hydrogen-bond donors (Lipinski definition) is 1. The summed E-state index contributed by atoms with van der Waals surface area (Å²) in [6.07, 6.45) is 4.26. The molecule has 4 rings (SSSR count). The summed E-state index contributed by atoms with van der Waals surface area (Å²) < 4.78 is 0. The second kappa shape index (κ2) is 8.80. The van der Waals surface area contributed by atoms with Crippen LogP contribution in [0.1, 0.15) is 46.2 Å². The van der Waals surface area contributed by atoms with Gasteiger partial charge in [-0.1, -0.05) is 24.3 Å². The lowest BCUT2D eigenvalue weighted by Crippen LogP contribution is -2.02. The Hall–Kier alpha value is -3.34. The molecule has 0 heterocycles. The second-order valence-electron chi connectivity index (χ2n) is 8.27. The average molecular weight is 413 g/mol. The molecule has 0 saturated heterocycles. The van der Waals surface area contributed by atoms with Gasteiger partial charge in [-0.25, -0.2) is 0 Å². The minimum atomic E-state index is 0.184. The smallest absolute Gasteiger partial charge is 0.143 e. The van der Waals surface area contributed by atoms with Crippen LogP contribution in [0.4, 0.5) is 22.7 Å². The van der Waals surface area contributed by atoms with E-state index in [2.05, 4.69) is 40.4 Å². The molecule has 0 unspecified atom stereocenters. The highest BCUT2D eigenvalue weighted by Gasteiger charge is 2.16. The fourth-order valence-electron chi connectivity index (χ4n) is 4.05. The van der Waals surface area contributed by atoms with Crippen molar-refractivity contribution < 1.29 is 5.11 Å². The maximum absolute atomic E-state index is 10.4. The van der Waals surface area contributed by atoms with E-state index in [9.17, 15) is 5.11 Å². The van der Waals surface area contributed by atoms with Crippen LogP contribution < -0.4 is 0 Å². The van der Waals surface area contributed by atoms with Crippen LogP contribution in [-0.2, 0) is 12.8 Å². The van der Waals surface area contributed by atoms with Gasteiger partial charge >= 0.3 is 0 Å². The summed E-state index contributed by atoms with van der Waals surface area (Å²) in [5.74, 6) is 0.184. The quantitative estimate of drug-likeness (QED) is 0.430. The van der Waals surface area contributed by atoms with Crippen LogP contribution in [0.5, 0.6) is 5.75 Å². The topological polar surface area (TPSA) is 69.7 Å². The van der Waals surface area contributed by atoms with Gasteiger partial charge in [-0.15, -0.1) is 10.2 Å². The summed E-state index contributed by atoms with van der Waals surface area (Å²) in [4.78, 5) is 0. The highest BCUT2D eigenvalue weighted by Crippen LogP contribution is 2.39. The number of phenolic OH excluding ortho intramolecular Hbond substituents is 1. The molecule has 31 heavy (non-hydrogen) atoms. The first-order valence-corrected chi connectivity index (χ1v) is 10.8. The van der Waals surface area contributed by atoms with Crippen molar-refractivity contribution in [2.75, 3.05) is 0 Å². The normalized spacial score (nSPS) is 13.8. The Bertz CT molecular complexity index is 1190. The standard InChI is InChI=1S/C26H28N4O/c1-16-8-7-11-22(18(16)3)27-29-25-17(2)12-14-23(19(25)4)28-30-26-21-10-6-5-9-20(21)13-15-24(26)31/h7-8,11-15,31H,5-6,9-10H2,1-4H3. The molecule has 0 aliphatic heterocycles. The van der Waals surface area contributed by atoms with E-state index in [1.165, 1.54) is 17.5 Å². The maximum atomic E-state index is 10.4. The number of phenols is 1. The summed E-state index contributed by atoms with van der Waals surface area (Å²) >= 11 is 0. The molecule has 0 aromatic heterocycles. The third-order valence-electron chi connectivity index (χ3n) is 6.18. The predicted octanol–water partition coefficient (Wildman–Crippen LogP) is 8.34. The number of aryl methyl sites for hydroxylation is 3. The molecule has 0 radical (unpaired) electrons. The monoisotopic (exact) mass is 412 g/mol. The third kappa shape index (κ3) is 4.26. The van der Waals surface area contributed by atoms with Crippen LogP contribution in [0.25, 0.3) is 0 Å². The molecule has 3 aromatic rings. The lowest BCUT2D eigenvalue weighted by molar-refractivity contribution is 0.474. The van der Waals surface area contributed by atoms with Crippen molar-refractivity contribution in [3.05, 3.63) is 75.8 Å². The molecule has 1 aliphatic carbocycles. The van der Waals surface area contributed by atoms with Gasteiger partial charge in [0.15, 0.2) is 0 Å². The number of azo groups is 2. The van der Waals surface area contributed by atoms with Gasteiger partial charge in [-0.2, -0.15) is 10.2 Å². The van der Waals surface area contributed by atoms with Gasteiger partial charge in [-0.05, 0) is 99.4 Å². The Morgan fingerprint density at radius 3 is 2.16 bits per heavy atom. The Balaban J connectivity index is 1.69. The Morgan fingerprint density at radius 2 is 1.35 bits per heavy atom. The first kappa shape index (κ1) is 20.9. The molecule has 158 valence electrons. The fourth-order valence-corrected chi connectivity index (χ4v) is 4.05. The van der Waals surface area contributed by atoms with Crippen LogP contribution in [0.2, 0.25) is 0 Å². The molecule has 0 saturated carbocycles. The maximum Gasteiger partial charge on any atom is 0.143 e. The lowest BCUT2D eigenvalue weighted by atomic mass is 9.90. The van der Waals surface area contributed by atoms with Crippen LogP contribution in [0, 0.1) is 27.7 Å². The highest BCUT2D eigenvalue weighted by molar-refractivity contribution is 5.65. The van der Waals surface area contributed by atoms with Crippen molar-refractivity contribution in [1.29, 1.82) is 0 Å². The highest BCUT2D eigenvalue weighted by atomic mass is 16.3. The number of aromatic hydroxyl groups is 1. The van der Waals surface area contributed by atoms with Crippen LogP contribution in [-0.4, -0.2) is 5.11 Å². The number of rotatable bonds is 4. The van der Waals surface area contributed by atoms with E-state index in [4.69, 9.17) is 0 Å². The lowest BCUT2D eigenvalue weighted by Gasteiger charge is -2.17. The molecule has 3 aromatic carbocycles. The van der Waals surface area contributed by atoms with E-state index < -0.39 is 0 Å². The van der Waals surface area contributed by atoms with Gasteiger partial charge in [0.05, 0.1) is 17.1 Å². The second-order valence-corrected chi connectivity index (χ2v) is 8.27. The predicted molar refractivity (Wildman–Crippen MR) is 125 cm³/mol. The molecule has 1 aliphatic rings. The van der Waals surface area contributed by atoms with Crippen LogP contribution in [0.3, 0.4) is 0 Å². The van der Waals surface area contributed by atoms with Crippen LogP contribution >= 0.6 is 0 Å². The molecular weight excluding hydrogens is 384 g/mol. The van der Waals surface area contributed by atoms with E-state index >= 15 is 0 Å². The Morgan fingerprint density at radius 1 is 0.645 bits per heavy atom. The van der Waals surface area contributed by atoms with E-state index in [1.54, 1.807) is 6.07 Å². The van der Waals surface area contributed by atoms with Gasteiger partial charge in [0.1, 0.15) is 11.4 Å². The average Bonchev–Trinajstić information content (AvgIpc) is 2.77. The van der Waals surface area contributed by atoms with Gasteiger partial charge in [-0.3, -0.25) is 0 Å². The molecule has 1 N–H and O–H groups in total. The summed E-state index contributed by atoms with van der Waals surface area (Å²) in [6, 6.07) is 13.7. The zero-order chi connectivity index (χ0) is 22.0. The van der Waals surface area contributed by atoms with Gasteiger partial charge < -0.3 is 5.11 Å². The van der Waals surface area contributed by atoms with Crippen molar-refractivity contribution in [1.82, 2.24) is 0 Å². The van der Waals surface area contributed by atoms with Crippen LogP contribution in [0.15, 0.2) is 62.9 Å². The molecule has 0 bridgehead atoms. The molecule has 0 spiro atoms. The zero-order valence-corrected chi connectivity index (χ0v) is 18.6. The minimum absolute atomic E-state index is 0.184. The first-order chi connectivity index (χ1) is 15.0. The molecular formula is C26H28N4O. The van der Waals surface area contributed by atoms with E-state index in [0.717, 1.165) is 58.6 Å². The molecule has 5 heteroatoms. The molecule has 5 nitrogen and oxygen atoms in total. The van der Waals surface area contributed by atoms with Crippen molar-refractivity contribution in [2.24, 2.45) is 20.5 Å². The molecule has 0 atom stereocenters. The fraction of sp³-hybridized carbons (Fsp3) is 0.308. The molecule has 0 amide bonds. The van der Waals surface area contributed by atoms with Gasteiger partial charge in [0.25, 0.3) is 0 Å². The van der Waals surface area contributed by atoms with E-state index in [0.29, 0.717) is 5.69 Å². The Kier molecular flexibility index (Phi) is 5.94. The van der Waals surface area contributed by atoms with Crippen molar-refractivity contribution in [2.45, 2.75) is 53.4 Å². The van der Waals surface area contributed by atoms with Crippen molar-refractivity contribution in [3.63, 3.8) is 0 Å². The molecule has 0 fully saturated rings. The van der Waals surface area contributed by atoms with E-state index in [-0.39, 0.29) is 5.75 Å². The summed E-state index contributed by atoms with van der Waals surface area (Å²) in [5.41, 5.74) is 9.65. The number of nitrogens with zero attached hydrogens (tertiary/aromatic N) is 4. The number of hydrogen-bond acceptors (Lipinski definition) is 5. The van der Waals surface area contributed by atoms with Gasteiger partial charge in [0.2, 0.25) is 0 Å². The minimum Gasteiger partial charge on any atom is -0.506 e. The zero-order valence-electron chi connectivity index (χ0n) is 18.6. The summed E-state index contributed by atoms with van der Waals surface area (Å²) in [6.45, 7) is 8.13. The largest absolute Gasteiger partial charge is 0.506 e. The first-order valence-electron chi connectivity index (χ1n) is 10.8. The Labute approximate surface area is 183 Å². The number of fused-ring (bicyclic) bond motifs is 1. The van der Waals surface area contributed by atoms with Crippen molar-refractivity contribution in [3.8, 4) is 5.75 Å². The van der Waals surface area contributed by atoms with Gasteiger partial charge in [0, 0.05) is 5.56 Å². The third-order valence-corrected chi connectivity index (χ3v) is 6.18. The van der Waals surface area contributed by atoms with E-state index in [1.807, 2.05) is 44.2 Å². The SMILES string of the molecule is Cc1cccc(N=Nc2c(C)ccc(N=Nc3c(O)ccc4c3CCCC4)c2C)c1C.